The first-order chi connectivity index (χ1) is 36.0. The lowest BCUT2D eigenvalue weighted by Crippen LogP contribution is -2.30. The minimum absolute atomic E-state index is 0.0666. The average Bonchev–Trinajstić information content (AvgIpc) is 3.39. The predicted molar refractivity (Wildman–Crippen MR) is 317 cm³/mol. The molecule has 0 fully saturated rings. The van der Waals surface area contributed by atoms with Crippen LogP contribution >= 0.6 is 0 Å². The molecule has 0 aliphatic heterocycles. The third-order valence-electron chi connectivity index (χ3n) is 15.3. The van der Waals surface area contributed by atoms with Crippen LogP contribution < -0.4 is 0 Å². The number of unbranched alkanes of at least 4 members (excludes halogenated alkanes) is 49. The molecule has 0 heterocycles. The smallest absolute Gasteiger partial charge is 0.306 e. The highest BCUT2D eigenvalue weighted by atomic mass is 16.6. The molecule has 0 N–H and O–H groups in total. The Morgan fingerprint density at radius 1 is 0.260 bits per heavy atom. The van der Waals surface area contributed by atoms with Gasteiger partial charge in [0.2, 0.25) is 0 Å². The van der Waals surface area contributed by atoms with Gasteiger partial charge in [-0.2, -0.15) is 0 Å². The molecule has 0 rings (SSSR count). The Bertz CT molecular complexity index is 1130. The maximum Gasteiger partial charge on any atom is 0.306 e. The minimum atomic E-state index is -0.767. The SMILES string of the molecule is CCC/C=C\CCCCCCCC(=O)OCC(COC(=O)CCCCCCCCCCCCCCCCCCCCCCCCCCCCCCCCC)OC(=O)CCCCCCCCCCCCCCCC. The fourth-order valence-corrected chi connectivity index (χ4v) is 10.3. The van der Waals surface area contributed by atoms with Crippen molar-refractivity contribution in [2.45, 2.75) is 386 Å². The van der Waals surface area contributed by atoms with Gasteiger partial charge in [0.05, 0.1) is 0 Å². The van der Waals surface area contributed by atoms with E-state index < -0.39 is 6.10 Å². The third-order valence-corrected chi connectivity index (χ3v) is 15.3. The van der Waals surface area contributed by atoms with Crippen LogP contribution in [0.5, 0.6) is 0 Å². The average molecular weight is 1030 g/mol. The van der Waals surface area contributed by atoms with Crippen molar-refractivity contribution >= 4 is 17.9 Å². The maximum absolute atomic E-state index is 12.8. The van der Waals surface area contributed by atoms with E-state index in [4.69, 9.17) is 14.2 Å². The molecular formula is C67H128O6. The molecule has 1 unspecified atom stereocenters. The maximum atomic E-state index is 12.8. The van der Waals surface area contributed by atoms with Gasteiger partial charge < -0.3 is 14.2 Å². The summed E-state index contributed by atoms with van der Waals surface area (Å²) in [5.74, 6) is -0.851. The summed E-state index contributed by atoms with van der Waals surface area (Å²) in [6.07, 6.45) is 74.0. The summed E-state index contributed by atoms with van der Waals surface area (Å²) in [6, 6.07) is 0. The Hall–Kier alpha value is -1.85. The third kappa shape index (κ3) is 60.9. The first-order valence-corrected chi connectivity index (χ1v) is 33.2. The van der Waals surface area contributed by atoms with E-state index in [1.54, 1.807) is 0 Å². The van der Waals surface area contributed by atoms with Gasteiger partial charge in [-0.3, -0.25) is 14.4 Å². The topological polar surface area (TPSA) is 78.9 Å². The van der Waals surface area contributed by atoms with E-state index in [1.807, 2.05) is 0 Å². The second-order valence-electron chi connectivity index (χ2n) is 22.7. The van der Waals surface area contributed by atoms with E-state index in [9.17, 15) is 14.4 Å². The fraction of sp³-hybridized carbons (Fsp3) is 0.925. The zero-order valence-corrected chi connectivity index (χ0v) is 49.7. The summed E-state index contributed by atoms with van der Waals surface area (Å²) >= 11 is 0. The van der Waals surface area contributed by atoms with Gasteiger partial charge in [0.25, 0.3) is 0 Å². The van der Waals surface area contributed by atoms with Crippen LogP contribution in [-0.4, -0.2) is 37.2 Å². The Labute approximate surface area is 456 Å². The van der Waals surface area contributed by atoms with E-state index in [0.717, 1.165) is 70.6 Å². The normalized spacial score (nSPS) is 12.0. The molecule has 0 radical (unpaired) electrons. The van der Waals surface area contributed by atoms with Crippen molar-refractivity contribution in [2.24, 2.45) is 0 Å². The molecule has 0 aliphatic rings. The molecule has 6 nitrogen and oxygen atoms in total. The van der Waals surface area contributed by atoms with Gasteiger partial charge in [0.1, 0.15) is 13.2 Å². The lowest BCUT2D eigenvalue weighted by atomic mass is 10.0. The summed E-state index contributed by atoms with van der Waals surface area (Å²) in [4.78, 5) is 38.1. The van der Waals surface area contributed by atoms with E-state index in [-0.39, 0.29) is 31.1 Å². The van der Waals surface area contributed by atoms with E-state index >= 15 is 0 Å². The van der Waals surface area contributed by atoms with Crippen LogP contribution in [0.2, 0.25) is 0 Å². The second-order valence-corrected chi connectivity index (χ2v) is 22.7. The molecule has 0 aromatic heterocycles. The number of esters is 3. The fourth-order valence-electron chi connectivity index (χ4n) is 10.3. The zero-order chi connectivity index (χ0) is 52.9. The van der Waals surface area contributed by atoms with E-state index in [1.165, 1.54) is 270 Å². The molecule has 0 aliphatic carbocycles. The number of hydrogen-bond acceptors (Lipinski definition) is 6. The molecule has 1 atom stereocenters. The molecule has 0 bridgehead atoms. The standard InChI is InChI=1S/C67H128O6/c1-4-7-10-13-16-19-22-24-26-27-28-29-30-31-32-33-34-35-36-37-38-39-40-41-42-44-45-48-51-54-57-60-66(69)72-63-64(62-71-65(68)59-56-53-50-47-21-18-15-12-9-6-3)73-67(70)61-58-55-52-49-46-43-25-23-20-17-14-11-8-5-2/h12,15,64H,4-11,13-14,16-63H2,1-3H3/b15-12-. The molecule has 6 heteroatoms. The Balaban J connectivity index is 4.01. The van der Waals surface area contributed by atoms with Crippen LogP contribution in [0.1, 0.15) is 380 Å². The van der Waals surface area contributed by atoms with Gasteiger partial charge in [-0.05, 0) is 38.5 Å². The number of ether oxygens (including phenoxy) is 3. The highest BCUT2D eigenvalue weighted by Gasteiger charge is 2.19. The Kier molecular flexibility index (Phi) is 61.1. The van der Waals surface area contributed by atoms with Crippen molar-refractivity contribution in [3.05, 3.63) is 12.2 Å². The van der Waals surface area contributed by atoms with Gasteiger partial charge in [-0.15, -0.1) is 0 Å². The minimum Gasteiger partial charge on any atom is -0.462 e. The van der Waals surface area contributed by atoms with Crippen LogP contribution in [0.15, 0.2) is 12.2 Å². The second kappa shape index (κ2) is 62.7. The van der Waals surface area contributed by atoms with Crippen molar-refractivity contribution in [3.63, 3.8) is 0 Å². The molecule has 0 saturated carbocycles. The number of carbonyl (C=O) groups is 3. The van der Waals surface area contributed by atoms with Crippen molar-refractivity contribution in [1.29, 1.82) is 0 Å². The first-order valence-electron chi connectivity index (χ1n) is 33.2. The lowest BCUT2D eigenvalue weighted by molar-refractivity contribution is -0.167. The predicted octanol–water partition coefficient (Wildman–Crippen LogP) is 22.4. The van der Waals surface area contributed by atoms with Crippen molar-refractivity contribution < 1.29 is 28.6 Å². The highest BCUT2D eigenvalue weighted by molar-refractivity contribution is 5.71. The van der Waals surface area contributed by atoms with Crippen molar-refractivity contribution in [2.75, 3.05) is 13.2 Å². The van der Waals surface area contributed by atoms with Crippen LogP contribution in [0, 0.1) is 0 Å². The number of carbonyl (C=O) groups excluding carboxylic acids is 3. The molecule has 0 aromatic rings. The van der Waals surface area contributed by atoms with Crippen LogP contribution in [-0.2, 0) is 28.6 Å². The molecule has 0 spiro atoms. The quantitative estimate of drug-likeness (QED) is 0.0261. The largest absolute Gasteiger partial charge is 0.462 e. The molecule has 73 heavy (non-hydrogen) atoms. The summed E-state index contributed by atoms with van der Waals surface area (Å²) < 4.78 is 16.9. The van der Waals surface area contributed by atoms with Crippen LogP contribution in [0.4, 0.5) is 0 Å². The van der Waals surface area contributed by atoms with Gasteiger partial charge >= 0.3 is 17.9 Å². The molecule has 0 saturated heterocycles. The lowest BCUT2D eigenvalue weighted by Gasteiger charge is -2.18. The summed E-state index contributed by atoms with van der Waals surface area (Å²) in [7, 11) is 0. The molecular weight excluding hydrogens is 901 g/mol. The summed E-state index contributed by atoms with van der Waals surface area (Å²) in [5, 5.41) is 0. The summed E-state index contributed by atoms with van der Waals surface area (Å²) in [5.41, 5.74) is 0. The first kappa shape index (κ1) is 71.2. The van der Waals surface area contributed by atoms with Gasteiger partial charge in [0.15, 0.2) is 6.10 Å². The van der Waals surface area contributed by atoms with E-state index in [0.29, 0.717) is 19.3 Å². The van der Waals surface area contributed by atoms with Crippen molar-refractivity contribution in [1.82, 2.24) is 0 Å². The molecule has 0 aromatic carbocycles. The summed E-state index contributed by atoms with van der Waals surface area (Å²) in [6.45, 7) is 6.64. The highest BCUT2D eigenvalue weighted by Crippen LogP contribution is 2.19. The van der Waals surface area contributed by atoms with Crippen LogP contribution in [0.3, 0.4) is 0 Å². The Morgan fingerprint density at radius 2 is 0.479 bits per heavy atom. The number of allylic oxidation sites excluding steroid dienone is 2. The van der Waals surface area contributed by atoms with Gasteiger partial charge in [-0.1, -0.05) is 335 Å². The van der Waals surface area contributed by atoms with Crippen LogP contribution in [0.25, 0.3) is 0 Å². The Morgan fingerprint density at radius 3 is 0.740 bits per heavy atom. The van der Waals surface area contributed by atoms with Crippen molar-refractivity contribution in [3.8, 4) is 0 Å². The van der Waals surface area contributed by atoms with Gasteiger partial charge in [0, 0.05) is 19.3 Å². The van der Waals surface area contributed by atoms with E-state index in [2.05, 4.69) is 32.9 Å². The number of rotatable bonds is 62. The zero-order valence-electron chi connectivity index (χ0n) is 49.7. The molecule has 0 amide bonds. The monoisotopic (exact) mass is 1030 g/mol. The molecule has 432 valence electrons. The number of hydrogen-bond donors (Lipinski definition) is 0. The van der Waals surface area contributed by atoms with Gasteiger partial charge in [-0.25, -0.2) is 0 Å².